The highest BCUT2D eigenvalue weighted by atomic mass is 35.5. The molecule has 0 saturated heterocycles. The Hall–Kier alpha value is -3.66. The molecule has 156 valence electrons. The second-order valence-electron chi connectivity index (χ2n) is 6.35. The normalized spacial score (nSPS) is 11.5. The van der Waals surface area contributed by atoms with Crippen molar-refractivity contribution in [1.29, 1.82) is 0 Å². The van der Waals surface area contributed by atoms with Gasteiger partial charge in [0.1, 0.15) is 12.6 Å². The van der Waals surface area contributed by atoms with E-state index in [4.69, 9.17) is 22.1 Å². The number of nitrogens with zero attached hydrogens (tertiary/aromatic N) is 3. The number of rotatable bonds is 8. The Morgan fingerprint density at radius 3 is 2.70 bits per heavy atom. The average Bonchev–Trinajstić information content (AvgIpc) is 3.26. The number of H-pyrrole nitrogens is 1. The van der Waals surface area contributed by atoms with Crippen LogP contribution in [0.3, 0.4) is 0 Å². The van der Waals surface area contributed by atoms with Gasteiger partial charge in [-0.3, -0.25) is 4.79 Å². The summed E-state index contributed by atoms with van der Waals surface area (Å²) in [5.74, 6) is -0.0533. The molecule has 30 heavy (non-hydrogen) atoms. The third-order valence-electron chi connectivity index (χ3n) is 4.14. The summed E-state index contributed by atoms with van der Waals surface area (Å²) in [6.45, 7) is 0.0794. The van der Waals surface area contributed by atoms with Crippen molar-refractivity contribution in [2.24, 2.45) is 0 Å². The summed E-state index contributed by atoms with van der Waals surface area (Å²) in [4.78, 5) is 25.0. The number of anilines is 2. The Morgan fingerprint density at radius 1 is 1.20 bits per heavy atom. The number of aromatic amines is 1. The number of nitrogen functional groups attached to an aromatic ring is 1. The molecule has 0 spiro atoms. The maximum Gasteiger partial charge on any atom is 0.408 e. The summed E-state index contributed by atoms with van der Waals surface area (Å²) in [7, 11) is 0. The van der Waals surface area contributed by atoms with Gasteiger partial charge in [0.05, 0.1) is 11.4 Å². The molecule has 0 unspecified atom stereocenters. The standard InChI is InChI=1S/C19H20ClN7O3/c20-13-6-7-15(14(21)10-13)22-18(28)16(8-9-17-24-26-27-25-17)23-19(29)30-11-12-4-2-1-3-5-12/h1-7,10,16H,8-9,11,21H2,(H,22,28)(H,23,29)(H,24,25,26,27)/t16-/m0/s1. The molecule has 0 radical (unpaired) electrons. The van der Waals surface area contributed by atoms with Gasteiger partial charge in [-0.25, -0.2) is 4.79 Å². The lowest BCUT2D eigenvalue weighted by Gasteiger charge is -2.18. The molecule has 0 bridgehead atoms. The topological polar surface area (TPSA) is 148 Å². The van der Waals surface area contributed by atoms with E-state index in [2.05, 4.69) is 31.3 Å². The Labute approximate surface area is 177 Å². The van der Waals surface area contributed by atoms with E-state index < -0.39 is 18.0 Å². The van der Waals surface area contributed by atoms with Gasteiger partial charge in [0.15, 0.2) is 5.82 Å². The molecule has 0 aliphatic carbocycles. The number of amides is 2. The third kappa shape index (κ3) is 6.17. The van der Waals surface area contributed by atoms with Crippen molar-refractivity contribution < 1.29 is 14.3 Å². The minimum Gasteiger partial charge on any atom is -0.445 e. The van der Waals surface area contributed by atoms with Crippen molar-refractivity contribution in [2.75, 3.05) is 11.1 Å². The Bertz CT molecular complexity index is 983. The van der Waals surface area contributed by atoms with Gasteiger partial charge < -0.3 is 21.1 Å². The second kappa shape index (κ2) is 10.2. The molecule has 1 atom stereocenters. The summed E-state index contributed by atoms with van der Waals surface area (Å²) in [5.41, 5.74) is 7.41. The number of halogens is 1. The zero-order valence-electron chi connectivity index (χ0n) is 15.8. The molecule has 3 rings (SSSR count). The maximum atomic E-state index is 12.8. The van der Waals surface area contributed by atoms with E-state index in [0.717, 1.165) is 5.56 Å². The maximum absolute atomic E-state index is 12.8. The van der Waals surface area contributed by atoms with Crippen LogP contribution >= 0.6 is 11.6 Å². The van der Waals surface area contributed by atoms with E-state index in [1.165, 1.54) is 6.07 Å². The lowest BCUT2D eigenvalue weighted by molar-refractivity contribution is -0.118. The number of aryl methyl sites for hydroxylation is 1. The number of ether oxygens (including phenoxy) is 1. The number of carbonyl (C=O) groups excluding carboxylic acids is 2. The van der Waals surface area contributed by atoms with Gasteiger partial charge in [0.2, 0.25) is 5.91 Å². The van der Waals surface area contributed by atoms with Crippen LogP contribution in [0, 0.1) is 0 Å². The highest BCUT2D eigenvalue weighted by molar-refractivity contribution is 6.31. The summed E-state index contributed by atoms with van der Waals surface area (Å²) >= 11 is 5.89. The first-order valence-electron chi connectivity index (χ1n) is 9.06. The van der Waals surface area contributed by atoms with Crippen LogP contribution in [0.25, 0.3) is 0 Å². The number of benzene rings is 2. The van der Waals surface area contributed by atoms with Gasteiger partial charge in [0.25, 0.3) is 0 Å². The van der Waals surface area contributed by atoms with Gasteiger partial charge in [-0.1, -0.05) is 47.1 Å². The number of nitrogens with one attached hydrogen (secondary N) is 3. The molecular weight excluding hydrogens is 410 g/mol. The van der Waals surface area contributed by atoms with E-state index in [0.29, 0.717) is 28.6 Å². The van der Waals surface area contributed by atoms with E-state index in [1.54, 1.807) is 12.1 Å². The monoisotopic (exact) mass is 429 g/mol. The summed E-state index contributed by atoms with van der Waals surface area (Å²) in [5, 5.41) is 19.2. The van der Waals surface area contributed by atoms with E-state index in [-0.39, 0.29) is 13.0 Å². The predicted octanol–water partition coefficient (Wildman–Crippen LogP) is 2.30. The lowest BCUT2D eigenvalue weighted by Crippen LogP contribution is -2.44. The molecule has 3 aromatic rings. The van der Waals surface area contributed by atoms with Gasteiger partial charge in [0, 0.05) is 11.4 Å². The number of carbonyl (C=O) groups is 2. The van der Waals surface area contributed by atoms with Crippen LogP contribution in [0.4, 0.5) is 16.2 Å². The first-order valence-corrected chi connectivity index (χ1v) is 9.44. The zero-order chi connectivity index (χ0) is 21.3. The molecule has 0 aliphatic rings. The summed E-state index contributed by atoms with van der Waals surface area (Å²) < 4.78 is 5.21. The van der Waals surface area contributed by atoms with Crippen molar-refractivity contribution in [2.45, 2.75) is 25.5 Å². The van der Waals surface area contributed by atoms with Crippen LogP contribution in [-0.2, 0) is 22.6 Å². The smallest absolute Gasteiger partial charge is 0.408 e. The fourth-order valence-corrected chi connectivity index (χ4v) is 2.79. The highest BCUT2D eigenvalue weighted by Gasteiger charge is 2.23. The molecule has 2 amide bonds. The van der Waals surface area contributed by atoms with Gasteiger partial charge in [-0.2, -0.15) is 5.21 Å². The first-order chi connectivity index (χ1) is 14.5. The van der Waals surface area contributed by atoms with Crippen LogP contribution in [0.1, 0.15) is 17.8 Å². The number of nitrogens with two attached hydrogens (primary N) is 1. The number of alkyl carbamates (subject to hydrolysis) is 1. The van der Waals surface area contributed by atoms with Crippen molar-refractivity contribution in [3.8, 4) is 0 Å². The Balaban J connectivity index is 1.63. The molecule has 5 N–H and O–H groups in total. The fourth-order valence-electron chi connectivity index (χ4n) is 2.60. The van der Waals surface area contributed by atoms with Gasteiger partial charge in [-0.15, -0.1) is 10.2 Å². The third-order valence-corrected chi connectivity index (χ3v) is 4.37. The first kappa shape index (κ1) is 21.1. The van der Waals surface area contributed by atoms with Gasteiger partial charge >= 0.3 is 6.09 Å². The quantitative estimate of drug-likeness (QED) is 0.401. The van der Waals surface area contributed by atoms with Crippen LogP contribution in [-0.4, -0.2) is 38.7 Å². The van der Waals surface area contributed by atoms with Gasteiger partial charge in [-0.05, 0) is 30.2 Å². The highest BCUT2D eigenvalue weighted by Crippen LogP contribution is 2.23. The fraction of sp³-hybridized carbons (Fsp3) is 0.211. The predicted molar refractivity (Wildman–Crippen MR) is 111 cm³/mol. The number of aromatic nitrogens is 4. The van der Waals surface area contributed by atoms with Crippen molar-refractivity contribution >= 4 is 35.0 Å². The molecule has 2 aromatic carbocycles. The zero-order valence-corrected chi connectivity index (χ0v) is 16.6. The van der Waals surface area contributed by atoms with Crippen molar-refractivity contribution in [3.63, 3.8) is 0 Å². The van der Waals surface area contributed by atoms with E-state index in [1.807, 2.05) is 30.3 Å². The van der Waals surface area contributed by atoms with Crippen LogP contribution < -0.4 is 16.4 Å². The number of hydrogen-bond donors (Lipinski definition) is 4. The van der Waals surface area contributed by atoms with Crippen LogP contribution in [0.15, 0.2) is 48.5 Å². The molecule has 11 heteroatoms. The summed E-state index contributed by atoms with van der Waals surface area (Å²) in [6.07, 6.45) is -0.195. The van der Waals surface area contributed by atoms with Crippen LogP contribution in [0.5, 0.6) is 0 Å². The van der Waals surface area contributed by atoms with E-state index in [9.17, 15) is 9.59 Å². The second-order valence-corrected chi connectivity index (χ2v) is 6.78. The minimum absolute atomic E-state index is 0.0794. The van der Waals surface area contributed by atoms with Crippen molar-refractivity contribution in [3.05, 3.63) is 64.9 Å². The molecule has 1 aromatic heterocycles. The SMILES string of the molecule is Nc1cc(Cl)ccc1NC(=O)[C@H](CCc1nn[nH]n1)NC(=O)OCc1ccccc1. The van der Waals surface area contributed by atoms with Crippen molar-refractivity contribution in [1.82, 2.24) is 25.9 Å². The number of tetrazole rings is 1. The molecule has 1 heterocycles. The number of hydrogen-bond acceptors (Lipinski definition) is 7. The van der Waals surface area contributed by atoms with E-state index >= 15 is 0 Å². The Morgan fingerprint density at radius 2 is 2.00 bits per heavy atom. The molecule has 0 saturated carbocycles. The summed E-state index contributed by atoms with van der Waals surface area (Å²) in [6, 6.07) is 13.0. The molecule has 0 aliphatic heterocycles. The minimum atomic E-state index is -0.915. The van der Waals surface area contributed by atoms with Crippen LogP contribution in [0.2, 0.25) is 5.02 Å². The Kier molecular flexibility index (Phi) is 7.17. The molecule has 10 nitrogen and oxygen atoms in total. The lowest BCUT2D eigenvalue weighted by atomic mass is 10.1. The largest absolute Gasteiger partial charge is 0.445 e. The average molecular weight is 430 g/mol. The molecular formula is C19H20ClN7O3. The molecule has 0 fully saturated rings.